The maximum absolute atomic E-state index is 12.9. The van der Waals surface area contributed by atoms with Crippen LogP contribution in [-0.4, -0.2) is 46.7 Å². The monoisotopic (exact) mass is 351 g/mol. The molecule has 1 N–H and O–H groups in total. The summed E-state index contributed by atoms with van der Waals surface area (Å²) in [4.78, 5) is 33.6. The van der Waals surface area contributed by atoms with Crippen LogP contribution in [-0.2, 0) is 4.79 Å². The molecule has 1 aromatic heterocycles. The summed E-state index contributed by atoms with van der Waals surface area (Å²) >= 11 is 0. The second kappa shape index (κ2) is 4.84. The fourth-order valence-electron chi connectivity index (χ4n) is 5.89. The minimum atomic E-state index is -0.307. The molecule has 2 aromatic rings. The van der Waals surface area contributed by atoms with E-state index in [0.29, 0.717) is 5.78 Å². The molecule has 4 aliphatic heterocycles. The summed E-state index contributed by atoms with van der Waals surface area (Å²) in [5.74, 6) is 0.398. The first-order valence-electron chi connectivity index (χ1n) is 9.37. The number of nitrogens with one attached hydrogen (secondary N) is 1. The van der Waals surface area contributed by atoms with Crippen molar-refractivity contribution < 1.29 is 4.79 Å². The average Bonchev–Trinajstić information content (AvgIpc) is 2.52. The van der Waals surface area contributed by atoms with Crippen LogP contribution >= 0.6 is 0 Å². The predicted octanol–water partition coefficient (Wildman–Crippen LogP) is 2.37. The average molecular weight is 351 g/mol. The summed E-state index contributed by atoms with van der Waals surface area (Å²) in [6, 6.07) is 6.29. The molecule has 0 saturated carbocycles. The topological polar surface area (TPSA) is 56.4 Å². The van der Waals surface area contributed by atoms with E-state index in [0.717, 1.165) is 48.2 Å². The van der Waals surface area contributed by atoms with Gasteiger partial charge in [0.1, 0.15) is 5.78 Å². The van der Waals surface area contributed by atoms with Gasteiger partial charge < -0.3 is 4.98 Å². The molecule has 26 heavy (non-hydrogen) atoms. The van der Waals surface area contributed by atoms with Gasteiger partial charge in [-0.15, -0.1) is 0 Å². The Morgan fingerprint density at radius 1 is 0.962 bits per heavy atom. The molecule has 0 radical (unpaired) electrons. The number of hydrogen-bond donors (Lipinski definition) is 1. The molecule has 0 atom stereocenters. The second-order valence-corrected chi connectivity index (χ2v) is 9.23. The first-order valence-corrected chi connectivity index (χ1v) is 9.37. The highest BCUT2D eigenvalue weighted by Gasteiger charge is 2.62. The van der Waals surface area contributed by atoms with Crippen LogP contribution in [0, 0.1) is 24.7 Å². The summed E-state index contributed by atoms with van der Waals surface area (Å²) in [5, 5.41) is 1.09. The van der Waals surface area contributed by atoms with Gasteiger partial charge in [0.15, 0.2) is 0 Å². The number of fused-ring (bicyclic) bond motifs is 1. The largest absolute Gasteiger partial charge is 0.321 e. The molecule has 0 spiro atoms. The van der Waals surface area contributed by atoms with E-state index in [1.165, 1.54) is 5.56 Å². The van der Waals surface area contributed by atoms with E-state index >= 15 is 0 Å². The van der Waals surface area contributed by atoms with Crippen molar-refractivity contribution >= 4 is 16.7 Å². The lowest BCUT2D eigenvalue weighted by molar-refractivity contribution is -0.197. The number of benzene rings is 1. The first-order chi connectivity index (χ1) is 12.2. The van der Waals surface area contributed by atoms with Crippen LogP contribution in [0.25, 0.3) is 10.9 Å². The lowest BCUT2D eigenvalue weighted by Crippen LogP contribution is -2.75. The molecule has 5 heteroatoms. The Balaban J connectivity index is 1.65. The molecular weight excluding hydrogens is 326 g/mol. The molecule has 1 aromatic carbocycles. The van der Waals surface area contributed by atoms with E-state index in [4.69, 9.17) is 0 Å². The molecule has 4 fully saturated rings. The van der Waals surface area contributed by atoms with E-state index in [-0.39, 0.29) is 22.6 Å². The SMILES string of the molecule is Cc1cc(C)c2[nH]c(=O)c(C3N4CC5(C)CN3CC(C)(C4)C5=O)cc2c1. The minimum absolute atomic E-state index is 0.0106. The van der Waals surface area contributed by atoms with Crippen LogP contribution < -0.4 is 5.56 Å². The Hall–Kier alpha value is -1.98. The molecule has 0 amide bonds. The number of piperidine rings is 2. The van der Waals surface area contributed by atoms with Gasteiger partial charge in [0.2, 0.25) is 0 Å². The third-order valence-corrected chi connectivity index (χ3v) is 6.60. The highest BCUT2D eigenvalue weighted by Crippen LogP contribution is 2.51. The predicted molar refractivity (Wildman–Crippen MR) is 101 cm³/mol. The van der Waals surface area contributed by atoms with E-state index in [9.17, 15) is 9.59 Å². The van der Waals surface area contributed by atoms with Crippen LogP contribution in [0.4, 0.5) is 0 Å². The van der Waals surface area contributed by atoms with Gasteiger partial charge in [-0.3, -0.25) is 19.4 Å². The normalized spacial score (nSPS) is 38.3. The number of H-pyrrole nitrogens is 1. The van der Waals surface area contributed by atoms with E-state index < -0.39 is 0 Å². The molecule has 6 rings (SSSR count). The zero-order chi connectivity index (χ0) is 18.4. The van der Waals surface area contributed by atoms with Crippen molar-refractivity contribution in [2.45, 2.75) is 33.9 Å². The van der Waals surface area contributed by atoms with E-state index in [1.807, 2.05) is 6.92 Å². The first kappa shape index (κ1) is 16.2. The minimum Gasteiger partial charge on any atom is -0.321 e. The summed E-state index contributed by atoms with van der Waals surface area (Å²) < 4.78 is 0. The lowest BCUT2D eigenvalue weighted by atomic mass is 9.62. The molecule has 4 saturated heterocycles. The standard InChI is InChI=1S/C21H25N3O2/c1-12-5-13(2)16-14(6-12)7-15(17(25)22-16)18-23-8-20(3)9-24(18)11-21(4,10-23)19(20)26/h5-7,18H,8-11H2,1-4H3,(H,22,25). The molecule has 0 unspecified atom stereocenters. The number of carbonyl (C=O) groups excluding carboxylic acids is 1. The maximum Gasteiger partial charge on any atom is 0.254 e. The van der Waals surface area contributed by atoms with Gasteiger partial charge in [-0.2, -0.15) is 0 Å². The summed E-state index contributed by atoms with van der Waals surface area (Å²) in [6.45, 7) is 11.3. The summed E-state index contributed by atoms with van der Waals surface area (Å²) in [5.41, 5.74) is 3.40. The third kappa shape index (κ3) is 1.98. The fourth-order valence-corrected chi connectivity index (χ4v) is 5.89. The second-order valence-electron chi connectivity index (χ2n) is 9.23. The number of ketones is 1. The van der Waals surface area contributed by atoms with Gasteiger partial charge in [0.05, 0.1) is 22.5 Å². The molecule has 136 valence electrons. The quantitative estimate of drug-likeness (QED) is 0.857. The van der Waals surface area contributed by atoms with Crippen molar-refractivity contribution in [2.24, 2.45) is 10.8 Å². The van der Waals surface area contributed by atoms with Crippen molar-refractivity contribution in [2.75, 3.05) is 26.2 Å². The zero-order valence-electron chi connectivity index (χ0n) is 15.8. The van der Waals surface area contributed by atoms with Gasteiger partial charge in [-0.25, -0.2) is 0 Å². The van der Waals surface area contributed by atoms with Crippen molar-refractivity contribution in [1.29, 1.82) is 0 Å². The van der Waals surface area contributed by atoms with Crippen molar-refractivity contribution in [3.05, 3.63) is 45.2 Å². The maximum atomic E-state index is 12.9. The van der Waals surface area contributed by atoms with Gasteiger partial charge in [0, 0.05) is 31.7 Å². The third-order valence-electron chi connectivity index (χ3n) is 6.60. The number of rotatable bonds is 1. The Morgan fingerprint density at radius 2 is 1.54 bits per heavy atom. The van der Waals surface area contributed by atoms with Gasteiger partial charge in [0.25, 0.3) is 5.56 Å². The highest BCUT2D eigenvalue weighted by atomic mass is 16.1. The number of Topliss-reactive ketones (excluding diaryl/α,β-unsaturated/α-hetero) is 1. The molecule has 4 aliphatic rings. The van der Waals surface area contributed by atoms with Gasteiger partial charge in [-0.1, -0.05) is 25.5 Å². The number of aromatic amines is 1. The Bertz CT molecular complexity index is 982. The number of carbonyl (C=O) groups is 1. The van der Waals surface area contributed by atoms with Crippen molar-refractivity contribution in [3.63, 3.8) is 0 Å². The summed E-state index contributed by atoms with van der Waals surface area (Å²) in [6.07, 6.45) is -0.0294. The Morgan fingerprint density at radius 3 is 2.12 bits per heavy atom. The van der Waals surface area contributed by atoms with Crippen LogP contribution in [0.2, 0.25) is 0 Å². The lowest BCUT2D eigenvalue weighted by Gasteiger charge is -2.64. The van der Waals surface area contributed by atoms with E-state index in [2.05, 4.69) is 53.8 Å². The number of aryl methyl sites for hydroxylation is 2. The zero-order valence-corrected chi connectivity index (χ0v) is 15.8. The fraction of sp³-hybridized carbons (Fsp3) is 0.524. The van der Waals surface area contributed by atoms with Crippen LogP contribution in [0.15, 0.2) is 23.0 Å². The van der Waals surface area contributed by atoms with Crippen LogP contribution in [0.5, 0.6) is 0 Å². The molecule has 4 bridgehead atoms. The van der Waals surface area contributed by atoms with Crippen molar-refractivity contribution in [3.8, 4) is 0 Å². The summed E-state index contributed by atoms with van der Waals surface area (Å²) in [7, 11) is 0. The van der Waals surface area contributed by atoms with Gasteiger partial charge in [-0.05, 0) is 36.9 Å². The number of aromatic nitrogens is 1. The van der Waals surface area contributed by atoms with Gasteiger partial charge >= 0.3 is 0 Å². The molecule has 5 heterocycles. The van der Waals surface area contributed by atoms with E-state index in [1.54, 1.807) is 0 Å². The highest BCUT2D eigenvalue weighted by molar-refractivity contribution is 5.92. The van der Waals surface area contributed by atoms with Crippen LogP contribution in [0.1, 0.15) is 36.7 Å². The number of nitrogens with zero attached hydrogens (tertiary/aromatic N) is 2. The molecule has 0 aliphatic carbocycles. The number of hydrogen-bond acceptors (Lipinski definition) is 4. The molecular formula is C21H25N3O2. The van der Waals surface area contributed by atoms with Crippen molar-refractivity contribution in [1.82, 2.24) is 14.8 Å². The molecule has 5 nitrogen and oxygen atoms in total. The Kier molecular flexibility index (Phi) is 3.02. The number of pyridine rings is 1. The van der Waals surface area contributed by atoms with Crippen LogP contribution in [0.3, 0.4) is 0 Å². The Labute approximate surface area is 153 Å². The smallest absolute Gasteiger partial charge is 0.254 e.